The Bertz CT molecular complexity index is 22.8. The Balaban J connectivity index is -0.0000000450. The summed E-state index contributed by atoms with van der Waals surface area (Å²) in [7, 11) is 0. The van der Waals surface area contributed by atoms with Crippen LogP contribution in [0.5, 0.6) is 0 Å². The summed E-state index contributed by atoms with van der Waals surface area (Å²) in [5.41, 5.74) is 0. The van der Waals surface area contributed by atoms with Crippen molar-refractivity contribution in [3.63, 3.8) is 0 Å². The number of hydrogen-bond acceptors (Lipinski definition) is 1. The summed E-state index contributed by atoms with van der Waals surface area (Å²) in [6.45, 7) is 1.76. The fourth-order valence-corrected chi connectivity index (χ4v) is 0. The maximum Gasteiger partial charge on any atom is 1.00 e. The standard InChI is InChI=1S/C3H5O.Na.H2O/c1-2-3-4;;/h2H2,1H3;;1H2/q-1;+1;. The minimum Gasteiger partial charge on any atom is -0.542 e. The van der Waals surface area contributed by atoms with E-state index in [1.807, 2.05) is 0 Å². The van der Waals surface area contributed by atoms with Crippen LogP contribution in [0.1, 0.15) is 13.3 Å². The zero-order valence-corrected chi connectivity index (χ0v) is 6.12. The second kappa shape index (κ2) is 17.4. The molecule has 0 aromatic heterocycles. The molecule has 0 aliphatic carbocycles. The SMILES string of the molecule is CC[C-]=O.O.[Na+]. The van der Waals surface area contributed by atoms with Gasteiger partial charge in [0.1, 0.15) is 0 Å². The van der Waals surface area contributed by atoms with Crippen molar-refractivity contribution >= 4 is 6.29 Å². The van der Waals surface area contributed by atoms with Gasteiger partial charge in [-0.05, 0) is 0 Å². The number of hydrogen-bond donors (Lipinski definition) is 0. The van der Waals surface area contributed by atoms with Crippen LogP contribution < -0.4 is 29.6 Å². The summed E-state index contributed by atoms with van der Waals surface area (Å²) in [4.78, 5) is 9.05. The van der Waals surface area contributed by atoms with Gasteiger partial charge in [-0.2, -0.15) is 6.42 Å². The van der Waals surface area contributed by atoms with E-state index in [9.17, 15) is 0 Å². The number of rotatable bonds is 1. The summed E-state index contributed by atoms with van der Waals surface area (Å²) >= 11 is 0. The third-order valence-corrected chi connectivity index (χ3v) is 0.144. The molecule has 0 aromatic carbocycles. The second-order valence-corrected chi connectivity index (χ2v) is 0.498. The minimum atomic E-state index is 0. The minimum absolute atomic E-state index is 0. The molecule has 0 heterocycles. The van der Waals surface area contributed by atoms with Gasteiger partial charge in [0.05, 0.1) is 0 Å². The molecule has 0 radical (unpaired) electrons. The number of carbonyl (C=O) groups excluding carboxylic acids is 1. The molecule has 2 N–H and O–H groups in total. The molecule has 0 unspecified atom stereocenters. The molecule has 0 saturated carbocycles. The van der Waals surface area contributed by atoms with Gasteiger partial charge >= 0.3 is 29.6 Å². The van der Waals surface area contributed by atoms with E-state index in [0.29, 0.717) is 6.42 Å². The van der Waals surface area contributed by atoms with Crippen LogP contribution in [0.25, 0.3) is 0 Å². The van der Waals surface area contributed by atoms with Crippen LogP contribution in [-0.4, -0.2) is 11.8 Å². The molecule has 0 rings (SSSR count). The topological polar surface area (TPSA) is 48.6 Å². The predicted molar refractivity (Wildman–Crippen MR) is 19.6 cm³/mol. The summed E-state index contributed by atoms with van der Waals surface area (Å²) in [6.07, 6.45) is 2.19. The zero-order chi connectivity index (χ0) is 3.41. The van der Waals surface area contributed by atoms with Gasteiger partial charge in [0.25, 0.3) is 0 Å². The summed E-state index contributed by atoms with van der Waals surface area (Å²) in [6, 6.07) is 0. The van der Waals surface area contributed by atoms with Crippen LogP contribution in [0.4, 0.5) is 0 Å². The molecule has 0 aliphatic heterocycles. The Labute approximate surface area is 59.5 Å². The Morgan fingerprint density at radius 1 is 1.67 bits per heavy atom. The summed E-state index contributed by atoms with van der Waals surface area (Å²) < 4.78 is 0. The van der Waals surface area contributed by atoms with E-state index < -0.39 is 0 Å². The van der Waals surface area contributed by atoms with E-state index in [4.69, 9.17) is 4.79 Å². The van der Waals surface area contributed by atoms with Gasteiger partial charge in [-0.3, -0.25) is 6.29 Å². The maximum absolute atomic E-state index is 9.05. The van der Waals surface area contributed by atoms with E-state index in [1.165, 1.54) is 0 Å². The van der Waals surface area contributed by atoms with Gasteiger partial charge in [-0.1, -0.05) is 6.92 Å². The Morgan fingerprint density at radius 2 is 1.83 bits per heavy atom. The molecule has 0 aromatic rings. The van der Waals surface area contributed by atoms with E-state index in [1.54, 1.807) is 13.2 Å². The van der Waals surface area contributed by atoms with Crippen molar-refractivity contribution in [1.29, 1.82) is 0 Å². The Hall–Kier alpha value is 0.630. The Kier molecular flexibility index (Phi) is 46.4. The first kappa shape index (κ1) is 15.9. The fraction of sp³-hybridized carbons (Fsp3) is 0.667. The third-order valence-electron chi connectivity index (χ3n) is 0.144. The Morgan fingerprint density at radius 3 is 1.83 bits per heavy atom. The van der Waals surface area contributed by atoms with Gasteiger partial charge in [-0.25, -0.2) is 0 Å². The fourth-order valence-electron chi connectivity index (χ4n) is 0. The van der Waals surface area contributed by atoms with Crippen molar-refractivity contribution in [2.75, 3.05) is 0 Å². The monoisotopic (exact) mass is 98.0 g/mol. The van der Waals surface area contributed by atoms with Crippen LogP contribution in [0.2, 0.25) is 0 Å². The largest absolute Gasteiger partial charge is 1.00 e. The van der Waals surface area contributed by atoms with Gasteiger partial charge in [-0.15, -0.1) is 0 Å². The quantitative estimate of drug-likeness (QED) is 0.250. The summed E-state index contributed by atoms with van der Waals surface area (Å²) in [5, 5.41) is 0. The molecular weight excluding hydrogens is 91.0 g/mol. The molecule has 0 amide bonds. The molecule has 0 bridgehead atoms. The van der Waals surface area contributed by atoms with E-state index in [0.717, 1.165) is 0 Å². The van der Waals surface area contributed by atoms with Crippen molar-refractivity contribution in [3.05, 3.63) is 0 Å². The van der Waals surface area contributed by atoms with Crippen LogP contribution in [-0.2, 0) is 4.79 Å². The van der Waals surface area contributed by atoms with Crippen molar-refractivity contribution < 1.29 is 39.8 Å². The van der Waals surface area contributed by atoms with Crippen molar-refractivity contribution in [2.45, 2.75) is 13.3 Å². The molecule has 2 nitrogen and oxygen atoms in total. The molecule has 3 heteroatoms. The molecule has 0 atom stereocenters. The molecule has 6 heavy (non-hydrogen) atoms. The molecule has 32 valence electrons. The first-order valence-electron chi connectivity index (χ1n) is 1.26. The van der Waals surface area contributed by atoms with Gasteiger partial charge < -0.3 is 10.3 Å². The average molecular weight is 98.1 g/mol. The van der Waals surface area contributed by atoms with Crippen molar-refractivity contribution in [3.8, 4) is 0 Å². The van der Waals surface area contributed by atoms with Crippen LogP contribution >= 0.6 is 0 Å². The maximum atomic E-state index is 9.05. The average Bonchev–Trinajstić information content (AvgIpc) is 1.37. The van der Waals surface area contributed by atoms with Gasteiger partial charge in [0.2, 0.25) is 0 Å². The first-order valence-corrected chi connectivity index (χ1v) is 1.26. The van der Waals surface area contributed by atoms with Crippen LogP contribution in [0.15, 0.2) is 0 Å². The van der Waals surface area contributed by atoms with Gasteiger partial charge in [0.15, 0.2) is 0 Å². The predicted octanol–water partition coefficient (Wildman–Crippen LogP) is -3.31. The van der Waals surface area contributed by atoms with Crippen molar-refractivity contribution in [1.82, 2.24) is 0 Å². The molecule has 0 saturated heterocycles. The van der Waals surface area contributed by atoms with Crippen LogP contribution in [0.3, 0.4) is 0 Å². The van der Waals surface area contributed by atoms with E-state index in [-0.39, 0.29) is 35.0 Å². The smallest absolute Gasteiger partial charge is 0.542 e. The first-order chi connectivity index (χ1) is 1.91. The van der Waals surface area contributed by atoms with Crippen LogP contribution in [0, 0.1) is 0 Å². The molecular formula is C3H7NaO2. The molecule has 0 fully saturated rings. The van der Waals surface area contributed by atoms with E-state index >= 15 is 0 Å². The third kappa shape index (κ3) is 23.0. The normalized spacial score (nSPS) is 4.17. The summed E-state index contributed by atoms with van der Waals surface area (Å²) in [5.74, 6) is 0. The van der Waals surface area contributed by atoms with Crippen molar-refractivity contribution in [2.24, 2.45) is 0 Å². The zero-order valence-electron chi connectivity index (χ0n) is 4.12. The second-order valence-electron chi connectivity index (χ2n) is 0.498. The molecule has 0 spiro atoms. The van der Waals surface area contributed by atoms with Gasteiger partial charge in [0, 0.05) is 0 Å². The molecule has 0 aliphatic rings. The van der Waals surface area contributed by atoms with E-state index in [2.05, 4.69) is 0 Å².